The number of nitrogens with zero attached hydrogens (tertiary/aromatic N) is 1. The lowest BCUT2D eigenvalue weighted by molar-refractivity contribution is 0.00760. The zero-order chi connectivity index (χ0) is 11.6. The Balaban J connectivity index is 3.17. The first-order chi connectivity index (χ1) is 6.88. The Morgan fingerprint density at radius 1 is 1.47 bits per heavy atom. The number of Topliss-reactive ketones (excluding diaryl/α,β-unsaturated/α-hetero) is 1. The molecule has 0 amide bonds. The highest BCUT2D eigenvalue weighted by Crippen LogP contribution is 2.24. The number of carbonyl (C=O) groups excluding carboxylic acids is 1. The van der Waals surface area contributed by atoms with E-state index >= 15 is 0 Å². The van der Waals surface area contributed by atoms with Crippen LogP contribution in [-0.4, -0.2) is 16.7 Å². The van der Waals surface area contributed by atoms with Gasteiger partial charge in [-0.05, 0) is 0 Å². The van der Waals surface area contributed by atoms with E-state index in [0.29, 0.717) is 12.3 Å². The minimum absolute atomic E-state index is 0.362. The Labute approximate surface area is 82.9 Å². The third-order valence-electron chi connectivity index (χ3n) is 1.84. The molecule has 0 bridgehead atoms. The smallest absolute Gasteiger partial charge is 0.287 e. The average Bonchev–Trinajstić information content (AvgIpc) is 2.20. The Kier molecular flexibility index (Phi) is 3.06. The predicted molar refractivity (Wildman–Crippen MR) is 43.7 cm³/mol. The molecule has 0 aliphatic heterocycles. The Hall–Kier alpha value is -1.46. The Morgan fingerprint density at radius 3 is 2.60 bits per heavy atom. The summed E-state index contributed by atoms with van der Waals surface area (Å²) in [5, 5.41) is 0. The summed E-state index contributed by atoms with van der Waals surface area (Å²) in [6, 6.07) is 0.362. The number of rotatable bonds is 3. The van der Waals surface area contributed by atoms with Crippen molar-refractivity contribution in [3.63, 3.8) is 0 Å². The molecule has 0 N–H and O–H groups in total. The number of halogens is 4. The number of carbonyl (C=O) groups is 1. The lowest BCUT2D eigenvalue weighted by atomic mass is 10.0. The van der Waals surface area contributed by atoms with Gasteiger partial charge < -0.3 is 0 Å². The molecule has 15 heavy (non-hydrogen) atoms. The van der Waals surface area contributed by atoms with Crippen LogP contribution >= 0.6 is 0 Å². The van der Waals surface area contributed by atoms with Crippen LogP contribution in [0.2, 0.25) is 0 Å². The van der Waals surface area contributed by atoms with Crippen molar-refractivity contribution in [2.45, 2.75) is 19.3 Å². The fourth-order valence-electron chi connectivity index (χ4n) is 0.945. The molecule has 1 rings (SSSR count). The molecular weight excluding hydrogens is 214 g/mol. The zero-order valence-electron chi connectivity index (χ0n) is 7.73. The zero-order valence-corrected chi connectivity index (χ0v) is 7.73. The standard InChI is InChI=1S/C9H7F4NO/c1-2-9(12,13)8(15)5-3-7(11)14-4-6(5)10/h3-4H,2H2,1H3. The van der Waals surface area contributed by atoms with Gasteiger partial charge in [0.2, 0.25) is 11.7 Å². The number of hydrogen-bond acceptors (Lipinski definition) is 2. The van der Waals surface area contributed by atoms with Gasteiger partial charge in [0.15, 0.2) is 5.82 Å². The molecule has 0 radical (unpaired) electrons. The minimum atomic E-state index is -3.69. The second kappa shape index (κ2) is 3.96. The van der Waals surface area contributed by atoms with E-state index in [4.69, 9.17) is 0 Å². The van der Waals surface area contributed by atoms with Crippen LogP contribution in [0.15, 0.2) is 12.3 Å². The van der Waals surface area contributed by atoms with Crippen molar-refractivity contribution >= 4 is 5.78 Å². The molecule has 0 atom stereocenters. The first kappa shape index (κ1) is 11.6. The topological polar surface area (TPSA) is 30.0 Å². The summed E-state index contributed by atoms with van der Waals surface area (Å²) in [6.45, 7) is 1.08. The summed E-state index contributed by atoms with van der Waals surface area (Å²) in [4.78, 5) is 14.0. The number of pyridine rings is 1. The summed E-state index contributed by atoms with van der Waals surface area (Å²) in [7, 11) is 0. The van der Waals surface area contributed by atoms with E-state index < -0.39 is 35.5 Å². The van der Waals surface area contributed by atoms with Gasteiger partial charge in [-0.25, -0.2) is 9.37 Å². The average molecular weight is 221 g/mol. The highest BCUT2D eigenvalue weighted by molar-refractivity contribution is 6.01. The molecule has 0 fully saturated rings. The van der Waals surface area contributed by atoms with Crippen molar-refractivity contribution < 1.29 is 22.4 Å². The molecule has 0 unspecified atom stereocenters. The van der Waals surface area contributed by atoms with Crippen molar-refractivity contribution in [2.75, 3.05) is 0 Å². The molecule has 82 valence electrons. The van der Waals surface area contributed by atoms with Crippen LogP contribution in [0.3, 0.4) is 0 Å². The maximum Gasteiger partial charge on any atom is 0.309 e. The number of alkyl halides is 2. The SMILES string of the molecule is CCC(F)(F)C(=O)c1cc(F)ncc1F. The Morgan fingerprint density at radius 2 is 2.07 bits per heavy atom. The monoisotopic (exact) mass is 221 g/mol. The van der Waals surface area contributed by atoms with Gasteiger partial charge in [0.05, 0.1) is 11.8 Å². The quantitative estimate of drug-likeness (QED) is 0.446. The third kappa shape index (κ3) is 2.31. The first-order valence-electron chi connectivity index (χ1n) is 4.12. The van der Waals surface area contributed by atoms with E-state index in [0.717, 1.165) is 6.92 Å². The van der Waals surface area contributed by atoms with Crippen molar-refractivity contribution in [1.29, 1.82) is 0 Å². The van der Waals surface area contributed by atoms with Gasteiger partial charge in [0, 0.05) is 12.5 Å². The van der Waals surface area contributed by atoms with Crippen molar-refractivity contribution in [3.8, 4) is 0 Å². The molecule has 2 nitrogen and oxygen atoms in total. The summed E-state index contributed by atoms with van der Waals surface area (Å²) in [5.74, 6) is -7.85. The summed E-state index contributed by atoms with van der Waals surface area (Å²) >= 11 is 0. The molecule has 0 saturated carbocycles. The second-order valence-electron chi connectivity index (χ2n) is 2.87. The van der Waals surface area contributed by atoms with E-state index in [1.54, 1.807) is 0 Å². The maximum absolute atomic E-state index is 12.9. The molecule has 1 aromatic rings. The van der Waals surface area contributed by atoms with E-state index in [9.17, 15) is 22.4 Å². The van der Waals surface area contributed by atoms with Crippen molar-refractivity contribution in [2.24, 2.45) is 0 Å². The number of ketones is 1. The molecule has 6 heteroatoms. The van der Waals surface area contributed by atoms with E-state index in [-0.39, 0.29) is 0 Å². The van der Waals surface area contributed by atoms with Gasteiger partial charge in [-0.2, -0.15) is 13.2 Å². The highest BCUT2D eigenvalue weighted by Gasteiger charge is 2.38. The van der Waals surface area contributed by atoms with E-state index in [1.807, 2.05) is 0 Å². The van der Waals surface area contributed by atoms with E-state index in [2.05, 4.69) is 4.98 Å². The lowest BCUT2D eigenvalue weighted by Gasteiger charge is -2.12. The molecule has 0 aliphatic rings. The predicted octanol–water partition coefficient (Wildman–Crippen LogP) is 2.59. The second-order valence-corrected chi connectivity index (χ2v) is 2.87. The van der Waals surface area contributed by atoms with Gasteiger partial charge >= 0.3 is 5.92 Å². The normalized spacial score (nSPS) is 11.5. The van der Waals surface area contributed by atoms with Crippen LogP contribution in [0, 0.1) is 11.8 Å². The maximum atomic E-state index is 12.9. The molecule has 0 aromatic carbocycles. The molecule has 1 aromatic heterocycles. The van der Waals surface area contributed by atoms with Crippen LogP contribution in [0.5, 0.6) is 0 Å². The van der Waals surface area contributed by atoms with Crippen LogP contribution in [-0.2, 0) is 0 Å². The van der Waals surface area contributed by atoms with Gasteiger partial charge in [0.1, 0.15) is 0 Å². The largest absolute Gasteiger partial charge is 0.309 e. The Bertz CT molecular complexity index is 392. The number of aromatic nitrogens is 1. The summed E-state index contributed by atoms with van der Waals surface area (Å²) in [5.41, 5.74) is -0.977. The molecule has 0 saturated heterocycles. The van der Waals surface area contributed by atoms with Crippen LogP contribution in [0.25, 0.3) is 0 Å². The lowest BCUT2D eigenvalue weighted by Crippen LogP contribution is -2.28. The highest BCUT2D eigenvalue weighted by atomic mass is 19.3. The minimum Gasteiger partial charge on any atom is -0.287 e. The van der Waals surface area contributed by atoms with Crippen LogP contribution < -0.4 is 0 Å². The van der Waals surface area contributed by atoms with Gasteiger partial charge in [-0.15, -0.1) is 0 Å². The first-order valence-corrected chi connectivity index (χ1v) is 4.12. The molecule has 0 aliphatic carbocycles. The molecular formula is C9H7F4NO. The fourth-order valence-corrected chi connectivity index (χ4v) is 0.945. The van der Waals surface area contributed by atoms with Crippen LogP contribution in [0.4, 0.5) is 17.6 Å². The van der Waals surface area contributed by atoms with Gasteiger partial charge in [-0.1, -0.05) is 6.92 Å². The number of hydrogen-bond donors (Lipinski definition) is 0. The molecule has 1 heterocycles. The molecule has 0 spiro atoms. The van der Waals surface area contributed by atoms with Gasteiger partial charge in [0.25, 0.3) is 0 Å². The van der Waals surface area contributed by atoms with Crippen molar-refractivity contribution in [1.82, 2.24) is 4.98 Å². The summed E-state index contributed by atoms with van der Waals surface area (Å²) < 4.78 is 51.2. The third-order valence-corrected chi connectivity index (χ3v) is 1.84. The fraction of sp³-hybridized carbons (Fsp3) is 0.333. The summed E-state index contributed by atoms with van der Waals surface area (Å²) in [6.07, 6.45) is -0.372. The van der Waals surface area contributed by atoms with Gasteiger partial charge in [-0.3, -0.25) is 4.79 Å². The van der Waals surface area contributed by atoms with Crippen molar-refractivity contribution in [3.05, 3.63) is 29.6 Å². The van der Waals surface area contributed by atoms with E-state index in [1.165, 1.54) is 0 Å². The van der Waals surface area contributed by atoms with Crippen LogP contribution in [0.1, 0.15) is 23.7 Å².